The van der Waals surface area contributed by atoms with E-state index in [9.17, 15) is 9.65 Å². The lowest BCUT2D eigenvalue weighted by Crippen LogP contribution is -2.30. The van der Waals surface area contributed by atoms with Gasteiger partial charge in [-0.05, 0) is 61.7 Å². The first-order valence-electron chi connectivity index (χ1n) is 13.1. The van der Waals surface area contributed by atoms with Crippen molar-refractivity contribution in [1.29, 1.82) is 5.26 Å². The maximum Gasteiger partial charge on any atom is 0.123 e. The zero-order chi connectivity index (χ0) is 27.6. The number of hydrogen-bond acceptors (Lipinski definition) is 7. The SMILES string of the molecule is CCN(Nc1c(C#N)cnc2c(Cl)cc(NC(c3ccc(F)cc3)c3cn(C4CC4)nn3)cc12)c1ccccc1. The minimum atomic E-state index is -0.415. The largest absolute Gasteiger partial charge is 0.373 e. The number of rotatable bonds is 9. The minimum absolute atomic E-state index is 0.317. The standard InChI is InChI=1S/C30H26ClFN8/c1-2-39(23-6-4-3-5-7-23)37-28-20(16-33)17-34-30-25(28)14-22(15-26(30)31)35-29(19-8-10-21(32)11-9-19)27-18-40(38-36-27)24-12-13-24/h3-11,14-15,17-18,24,29,35H,2,12-13H2,1H3,(H,34,37). The van der Waals surface area contributed by atoms with Crippen LogP contribution in [-0.2, 0) is 0 Å². The Hall–Kier alpha value is -4.68. The average molecular weight is 553 g/mol. The number of aromatic nitrogens is 4. The Balaban J connectivity index is 1.42. The molecule has 200 valence electrons. The molecular weight excluding hydrogens is 527 g/mol. The third-order valence-electron chi connectivity index (χ3n) is 6.94. The van der Waals surface area contributed by atoms with Crippen LogP contribution in [0.15, 0.2) is 79.1 Å². The fourth-order valence-corrected chi connectivity index (χ4v) is 4.98. The van der Waals surface area contributed by atoms with E-state index in [1.807, 2.05) is 59.2 Å². The van der Waals surface area contributed by atoms with Crippen molar-refractivity contribution in [1.82, 2.24) is 20.0 Å². The Bertz CT molecular complexity index is 1690. The maximum atomic E-state index is 13.8. The van der Waals surface area contributed by atoms with Crippen LogP contribution in [0.1, 0.15) is 48.7 Å². The average Bonchev–Trinajstić information content (AvgIpc) is 3.72. The molecule has 0 saturated heterocycles. The molecule has 0 radical (unpaired) electrons. The molecule has 0 amide bonds. The Morgan fingerprint density at radius 2 is 1.93 bits per heavy atom. The summed E-state index contributed by atoms with van der Waals surface area (Å²) in [5, 5.41) is 25.3. The van der Waals surface area contributed by atoms with Crippen LogP contribution in [-0.4, -0.2) is 26.5 Å². The van der Waals surface area contributed by atoms with Gasteiger partial charge in [0.15, 0.2) is 0 Å². The number of para-hydroxylation sites is 1. The molecular formula is C30H26ClFN8. The lowest BCUT2D eigenvalue weighted by atomic mass is 10.0. The van der Waals surface area contributed by atoms with Crippen molar-refractivity contribution in [2.45, 2.75) is 31.8 Å². The van der Waals surface area contributed by atoms with Crippen LogP contribution in [0.5, 0.6) is 0 Å². The molecule has 1 aliphatic carbocycles. The van der Waals surface area contributed by atoms with Crippen molar-refractivity contribution in [3.05, 3.63) is 107 Å². The molecule has 2 N–H and O–H groups in total. The summed E-state index contributed by atoms with van der Waals surface area (Å²) in [7, 11) is 0. The highest BCUT2D eigenvalue weighted by Gasteiger charge is 2.27. The second kappa shape index (κ2) is 10.8. The van der Waals surface area contributed by atoms with Gasteiger partial charge < -0.3 is 5.32 Å². The van der Waals surface area contributed by atoms with Gasteiger partial charge in [0.2, 0.25) is 0 Å². The summed E-state index contributed by atoms with van der Waals surface area (Å²) in [5.41, 5.74) is 8.15. The van der Waals surface area contributed by atoms with E-state index >= 15 is 0 Å². The smallest absolute Gasteiger partial charge is 0.123 e. The van der Waals surface area contributed by atoms with Gasteiger partial charge in [-0.15, -0.1) is 5.10 Å². The molecule has 0 bridgehead atoms. The number of nitrogens with zero attached hydrogens (tertiary/aromatic N) is 6. The predicted octanol–water partition coefficient (Wildman–Crippen LogP) is 6.88. The number of nitriles is 1. The van der Waals surface area contributed by atoms with Crippen LogP contribution in [0.4, 0.5) is 21.5 Å². The van der Waals surface area contributed by atoms with Crippen molar-refractivity contribution >= 4 is 39.6 Å². The zero-order valence-electron chi connectivity index (χ0n) is 21.7. The molecule has 8 nitrogen and oxygen atoms in total. The minimum Gasteiger partial charge on any atom is -0.373 e. The second-order valence-corrected chi connectivity index (χ2v) is 10.1. The summed E-state index contributed by atoms with van der Waals surface area (Å²) >= 11 is 6.76. The molecule has 3 aromatic carbocycles. The van der Waals surface area contributed by atoms with Crippen LogP contribution >= 0.6 is 11.6 Å². The quantitative estimate of drug-likeness (QED) is 0.192. The third-order valence-corrected chi connectivity index (χ3v) is 7.22. The molecule has 10 heteroatoms. The summed E-state index contributed by atoms with van der Waals surface area (Å²) in [6, 6.07) is 22.1. The van der Waals surface area contributed by atoms with Gasteiger partial charge in [0, 0.05) is 23.8 Å². The van der Waals surface area contributed by atoms with Gasteiger partial charge in [0.25, 0.3) is 0 Å². The lowest BCUT2D eigenvalue weighted by molar-refractivity contribution is 0.610. The highest BCUT2D eigenvalue weighted by molar-refractivity contribution is 6.35. The van der Waals surface area contributed by atoms with E-state index in [-0.39, 0.29) is 5.82 Å². The summed E-state index contributed by atoms with van der Waals surface area (Å²) in [4.78, 5) is 4.49. The monoisotopic (exact) mass is 552 g/mol. The van der Waals surface area contributed by atoms with Crippen molar-refractivity contribution in [3.63, 3.8) is 0 Å². The topological polar surface area (TPSA) is 94.7 Å². The van der Waals surface area contributed by atoms with Gasteiger partial charge in [-0.25, -0.2) is 9.07 Å². The van der Waals surface area contributed by atoms with Crippen LogP contribution < -0.4 is 15.8 Å². The number of hydrogen-bond donors (Lipinski definition) is 2. The summed E-state index contributed by atoms with van der Waals surface area (Å²) in [6.07, 6.45) is 5.63. The first-order valence-corrected chi connectivity index (χ1v) is 13.5. The first kappa shape index (κ1) is 25.6. The normalized spacial score (nSPS) is 13.6. The number of anilines is 3. The van der Waals surface area contributed by atoms with Gasteiger partial charge in [-0.1, -0.05) is 47.1 Å². The molecule has 1 fully saturated rings. The Morgan fingerprint density at radius 1 is 1.15 bits per heavy atom. The number of fused-ring (bicyclic) bond motifs is 1. The number of halogens is 2. The number of nitrogens with one attached hydrogen (secondary N) is 2. The number of hydrazine groups is 1. The van der Waals surface area contributed by atoms with Crippen molar-refractivity contribution < 1.29 is 4.39 Å². The highest BCUT2D eigenvalue weighted by atomic mass is 35.5. The van der Waals surface area contributed by atoms with E-state index in [2.05, 4.69) is 32.1 Å². The van der Waals surface area contributed by atoms with E-state index in [0.29, 0.717) is 51.1 Å². The molecule has 1 saturated carbocycles. The zero-order valence-corrected chi connectivity index (χ0v) is 22.5. The Morgan fingerprint density at radius 3 is 2.62 bits per heavy atom. The molecule has 1 unspecified atom stereocenters. The van der Waals surface area contributed by atoms with Gasteiger partial charge in [-0.2, -0.15) is 5.26 Å². The summed E-state index contributed by atoms with van der Waals surface area (Å²) < 4.78 is 15.7. The first-order chi connectivity index (χ1) is 19.5. The fourth-order valence-electron chi connectivity index (χ4n) is 4.71. The molecule has 1 atom stereocenters. The van der Waals surface area contributed by atoms with Gasteiger partial charge >= 0.3 is 0 Å². The fraction of sp³-hybridized carbons (Fsp3) is 0.200. The van der Waals surface area contributed by atoms with Crippen LogP contribution in [0.3, 0.4) is 0 Å². The molecule has 2 aromatic heterocycles. The predicted molar refractivity (Wildman–Crippen MR) is 155 cm³/mol. The molecule has 1 aliphatic rings. The molecule has 6 rings (SSSR count). The van der Waals surface area contributed by atoms with Crippen LogP contribution in [0.25, 0.3) is 10.9 Å². The number of benzene rings is 3. The number of pyridine rings is 1. The van der Waals surface area contributed by atoms with Crippen LogP contribution in [0.2, 0.25) is 5.02 Å². The molecule has 2 heterocycles. The van der Waals surface area contributed by atoms with E-state index in [1.165, 1.54) is 18.3 Å². The van der Waals surface area contributed by atoms with Gasteiger partial charge in [-0.3, -0.25) is 15.4 Å². The Labute approximate surface area is 236 Å². The van der Waals surface area contributed by atoms with Crippen molar-refractivity contribution in [2.75, 3.05) is 22.3 Å². The van der Waals surface area contributed by atoms with E-state index in [1.54, 1.807) is 18.2 Å². The second-order valence-electron chi connectivity index (χ2n) is 9.69. The molecule has 40 heavy (non-hydrogen) atoms. The summed E-state index contributed by atoms with van der Waals surface area (Å²) in [5.74, 6) is -0.317. The van der Waals surface area contributed by atoms with E-state index in [4.69, 9.17) is 11.6 Å². The van der Waals surface area contributed by atoms with Gasteiger partial charge in [0.1, 0.15) is 17.6 Å². The van der Waals surface area contributed by atoms with Crippen molar-refractivity contribution in [2.24, 2.45) is 0 Å². The lowest BCUT2D eigenvalue weighted by Gasteiger charge is -2.26. The van der Waals surface area contributed by atoms with Crippen LogP contribution in [0, 0.1) is 17.1 Å². The highest BCUT2D eigenvalue weighted by Crippen LogP contribution is 2.37. The maximum absolute atomic E-state index is 13.8. The van der Waals surface area contributed by atoms with E-state index < -0.39 is 6.04 Å². The molecule has 0 spiro atoms. The van der Waals surface area contributed by atoms with Crippen molar-refractivity contribution in [3.8, 4) is 6.07 Å². The molecule has 5 aromatic rings. The third kappa shape index (κ3) is 5.14. The molecule has 0 aliphatic heterocycles. The van der Waals surface area contributed by atoms with Gasteiger partial charge in [0.05, 0.1) is 45.8 Å². The Kier molecular flexibility index (Phi) is 6.93. The van der Waals surface area contributed by atoms with E-state index in [0.717, 1.165) is 24.1 Å². The summed E-state index contributed by atoms with van der Waals surface area (Å²) in [6.45, 7) is 2.67.